The third-order valence-electron chi connectivity index (χ3n) is 5.10. The van der Waals surface area contributed by atoms with Gasteiger partial charge in [0.1, 0.15) is 0 Å². The topological polar surface area (TPSA) is 40.6 Å². The molecule has 0 bridgehead atoms. The van der Waals surface area contributed by atoms with Gasteiger partial charge in [-0.25, -0.2) is 4.90 Å². The largest absolute Gasteiger partial charge is 0.373 e. The van der Waals surface area contributed by atoms with Crippen LogP contribution in [0.1, 0.15) is 13.3 Å². The predicted octanol–water partition coefficient (Wildman–Crippen LogP) is 2.34. The minimum Gasteiger partial charge on any atom is -0.373 e. The number of allylic oxidation sites excluding steroid dienone is 1. The van der Waals surface area contributed by atoms with Gasteiger partial charge in [-0.05, 0) is 43.3 Å². The molecule has 0 unspecified atom stereocenters. The van der Waals surface area contributed by atoms with E-state index in [-0.39, 0.29) is 29.7 Å². The molecule has 22 heavy (non-hydrogen) atoms. The number of carbonyl (C=O) groups excluding carboxylic acids is 2. The molecule has 2 heterocycles. The second-order valence-corrected chi connectivity index (χ2v) is 6.35. The molecule has 2 amide bonds. The summed E-state index contributed by atoms with van der Waals surface area (Å²) in [5.41, 5.74) is 3.11. The highest BCUT2D eigenvalue weighted by molar-refractivity contribution is 6.22. The number of hydrogen-bond donors (Lipinski definition) is 0. The van der Waals surface area contributed by atoms with Crippen molar-refractivity contribution in [2.75, 3.05) is 11.9 Å². The average molecular weight is 294 g/mol. The van der Waals surface area contributed by atoms with Gasteiger partial charge in [-0.2, -0.15) is 0 Å². The van der Waals surface area contributed by atoms with Crippen molar-refractivity contribution in [3.05, 3.63) is 53.8 Å². The number of amides is 2. The van der Waals surface area contributed by atoms with Crippen LogP contribution < -0.4 is 4.90 Å². The monoisotopic (exact) mass is 294 g/mol. The standard InChI is InChI=1S/C18H18N2O2/c1-11-10-14-15(16-13(11)8-9-19(16)2)18(22)20(17(14)21)12-6-4-3-5-7-12/h3-9,14-16H,10H2,1-2H3/t14-,15-,16+/m0/s1. The third kappa shape index (κ3) is 1.64. The number of fused-ring (bicyclic) bond motifs is 3. The fourth-order valence-corrected chi connectivity index (χ4v) is 4.05. The minimum absolute atomic E-state index is 0.00362. The van der Waals surface area contributed by atoms with Crippen LogP contribution in [0.3, 0.4) is 0 Å². The first-order valence-electron chi connectivity index (χ1n) is 7.62. The Balaban J connectivity index is 1.78. The molecule has 3 aliphatic rings. The molecular formula is C18H18N2O2. The number of likely N-dealkylation sites (N-methyl/N-ethyl adjacent to an activating group) is 1. The summed E-state index contributed by atoms with van der Waals surface area (Å²) in [4.78, 5) is 29.3. The average Bonchev–Trinajstić information content (AvgIpc) is 3.01. The molecule has 4 nitrogen and oxygen atoms in total. The first kappa shape index (κ1) is 13.3. The summed E-state index contributed by atoms with van der Waals surface area (Å²) < 4.78 is 0. The van der Waals surface area contributed by atoms with E-state index < -0.39 is 0 Å². The van der Waals surface area contributed by atoms with E-state index in [0.29, 0.717) is 12.1 Å². The van der Waals surface area contributed by atoms with Gasteiger partial charge in [-0.1, -0.05) is 23.8 Å². The van der Waals surface area contributed by atoms with Crippen molar-refractivity contribution in [3.63, 3.8) is 0 Å². The number of imide groups is 1. The van der Waals surface area contributed by atoms with Gasteiger partial charge in [-0.3, -0.25) is 9.59 Å². The van der Waals surface area contributed by atoms with Crippen molar-refractivity contribution in [2.24, 2.45) is 11.8 Å². The number of nitrogens with zero attached hydrogens (tertiary/aromatic N) is 2. The molecule has 0 N–H and O–H groups in total. The molecule has 1 saturated heterocycles. The van der Waals surface area contributed by atoms with Crippen LogP contribution in [0.5, 0.6) is 0 Å². The molecule has 112 valence electrons. The molecular weight excluding hydrogens is 276 g/mol. The summed E-state index contributed by atoms with van der Waals surface area (Å²) in [6.45, 7) is 2.07. The highest BCUT2D eigenvalue weighted by Crippen LogP contribution is 2.46. The number of para-hydroxylation sites is 1. The van der Waals surface area contributed by atoms with Gasteiger partial charge in [-0.15, -0.1) is 0 Å². The van der Waals surface area contributed by atoms with Crippen LogP contribution in [-0.4, -0.2) is 29.8 Å². The van der Waals surface area contributed by atoms with Gasteiger partial charge in [0.15, 0.2) is 0 Å². The van der Waals surface area contributed by atoms with E-state index in [4.69, 9.17) is 0 Å². The zero-order chi connectivity index (χ0) is 15.4. The molecule has 1 aliphatic carbocycles. The fourth-order valence-electron chi connectivity index (χ4n) is 4.05. The van der Waals surface area contributed by atoms with E-state index in [1.807, 2.05) is 43.6 Å². The van der Waals surface area contributed by atoms with Crippen molar-refractivity contribution in [3.8, 4) is 0 Å². The van der Waals surface area contributed by atoms with E-state index in [2.05, 4.69) is 17.9 Å². The predicted molar refractivity (Wildman–Crippen MR) is 83.9 cm³/mol. The molecule has 4 heteroatoms. The van der Waals surface area contributed by atoms with Gasteiger partial charge in [0.2, 0.25) is 11.8 Å². The molecule has 4 rings (SSSR count). The number of carbonyl (C=O) groups is 2. The minimum atomic E-state index is -0.272. The van der Waals surface area contributed by atoms with Gasteiger partial charge in [0, 0.05) is 7.05 Å². The number of anilines is 1. The summed E-state index contributed by atoms with van der Waals surface area (Å²) in [5.74, 6) is -0.623. The Labute approximate surface area is 129 Å². The van der Waals surface area contributed by atoms with Crippen molar-refractivity contribution >= 4 is 17.5 Å². The van der Waals surface area contributed by atoms with Crippen molar-refractivity contribution < 1.29 is 9.59 Å². The van der Waals surface area contributed by atoms with E-state index in [1.165, 1.54) is 16.0 Å². The lowest BCUT2D eigenvalue weighted by Gasteiger charge is -2.34. The summed E-state index contributed by atoms with van der Waals surface area (Å²) in [6.07, 6.45) is 4.77. The Bertz CT molecular complexity index is 720. The van der Waals surface area contributed by atoms with E-state index >= 15 is 0 Å². The van der Waals surface area contributed by atoms with Gasteiger partial charge in [0.05, 0.1) is 23.6 Å². The van der Waals surface area contributed by atoms with Gasteiger partial charge >= 0.3 is 0 Å². The Morgan fingerprint density at radius 3 is 2.55 bits per heavy atom. The normalized spacial score (nSPS) is 30.2. The number of rotatable bonds is 1. The Morgan fingerprint density at radius 1 is 1.09 bits per heavy atom. The highest BCUT2D eigenvalue weighted by Gasteiger charge is 2.55. The van der Waals surface area contributed by atoms with Crippen LogP contribution in [0.15, 0.2) is 53.8 Å². The zero-order valence-corrected chi connectivity index (χ0v) is 12.7. The quantitative estimate of drug-likeness (QED) is 0.747. The lowest BCUT2D eigenvalue weighted by molar-refractivity contribution is -0.122. The number of benzene rings is 1. The summed E-state index contributed by atoms with van der Waals surface area (Å²) >= 11 is 0. The number of hydrogen-bond acceptors (Lipinski definition) is 3. The molecule has 2 aliphatic heterocycles. The Kier molecular flexibility index (Phi) is 2.76. The first-order valence-corrected chi connectivity index (χ1v) is 7.62. The second kappa shape index (κ2) is 4.57. The molecule has 0 aromatic heterocycles. The molecule has 0 saturated carbocycles. The second-order valence-electron chi connectivity index (χ2n) is 6.35. The third-order valence-corrected chi connectivity index (χ3v) is 5.10. The smallest absolute Gasteiger partial charge is 0.240 e. The summed E-state index contributed by atoms with van der Waals surface area (Å²) in [6, 6.07) is 9.26. The highest BCUT2D eigenvalue weighted by atomic mass is 16.2. The summed E-state index contributed by atoms with van der Waals surface area (Å²) in [5, 5.41) is 0. The Hall–Kier alpha value is -2.36. The van der Waals surface area contributed by atoms with E-state index in [1.54, 1.807) is 0 Å². The lowest BCUT2D eigenvalue weighted by Crippen LogP contribution is -2.42. The molecule has 0 radical (unpaired) electrons. The van der Waals surface area contributed by atoms with Crippen LogP contribution in [0.25, 0.3) is 0 Å². The first-order chi connectivity index (χ1) is 10.6. The van der Waals surface area contributed by atoms with Crippen LogP contribution in [0.4, 0.5) is 5.69 Å². The fraction of sp³-hybridized carbons (Fsp3) is 0.333. The van der Waals surface area contributed by atoms with Crippen molar-refractivity contribution in [1.29, 1.82) is 0 Å². The molecule has 0 spiro atoms. The maximum absolute atomic E-state index is 13.0. The van der Waals surface area contributed by atoms with Crippen LogP contribution in [0.2, 0.25) is 0 Å². The molecule has 1 fully saturated rings. The Morgan fingerprint density at radius 2 is 1.82 bits per heavy atom. The van der Waals surface area contributed by atoms with Gasteiger partial charge in [0.25, 0.3) is 0 Å². The van der Waals surface area contributed by atoms with E-state index in [0.717, 1.165) is 0 Å². The maximum atomic E-state index is 13.0. The SMILES string of the molecule is CC1=C2C=CN(C)[C@H]2[C@H]2C(=O)N(c3ccccc3)C(=O)[C@H]2C1. The van der Waals surface area contributed by atoms with Crippen LogP contribution >= 0.6 is 0 Å². The van der Waals surface area contributed by atoms with Crippen molar-refractivity contribution in [1.82, 2.24) is 4.90 Å². The van der Waals surface area contributed by atoms with Crippen molar-refractivity contribution in [2.45, 2.75) is 19.4 Å². The summed E-state index contributed by atoms with van der Waals surface area (Å²) in [7, 11) is 1.98. The molecule has 1 aromatic carbocycles. The van der Waals surface area contributed by atoms with Crippen LogP contribution in [-0.2, 0) is 9.59 Å². The zero-order valence-electron chi connectivity index (χ0n) is 12.7. The van der Waals surface area contributed by atoms with E-state index in [9.17, 15) is 9.59 Å². The molecule has 1 aromatic rings. The van der Waals surface area contributed by atoms with Crippen LogP contribution in [0, 0.1) is 11.8 Å². The van der Waals surface area contributed by atoms with Gasteiger partial charge < -0.3 is 4.90 Å². The maximum Gasteiger partial charge on any atom is 0.240 e. The lowest BCUT2D eigenvalue weighted by atomic mass is 9.74. The molecule has 3 atom stereocenters.